The van der Waals surface area contributed by atoms with E-state index in [9.17, 15) is 9.90 Å². The number of aryl methyl sites for hydroxylation is 2. The molecule has 2 atom stereocenters. The molecule has 1 aliphatic rings. The van der Waals surface area contributed by atoms with Crippen molar-refractivity contribution in [1.29, 1.82) is 0 Å². The maximum absolute atomic E-state index is 11.5. The molecule has 0 amide bonds. The number of hydrogen-bond acceptors (Lipinski definition) is 3. The van der Waals surface area contributed by atoms with Gasteiger partial charge in [0.2, 0.25) is 0 Å². The summed E-state index contributed by atoms with van der Waals surface area (Å²) in [6, 6.07) is 6.08. The molecule has 0 heterocycles. The van der Waals surface area contributed by atoms with Gasteiger partial charge in [0, 0.05) is 6.42 Å². The molecule has 1 aromatic carbocycles. The predicted octanol–water partition coefficient (Wildman–Crippen LogP) is 2.67. The molecule has 0 radical (unpaired) electrons. The van der Waals surface area contributed by atoms with Crippen LogP contribution in [0.25, 0.3) is 0 Å². The van der Waals surface area contributed by atoms with Crippen LogP contribution in [-0.4, -0.2) is 29.8 Å². The van der Waals surface area contributed by atoms with Crippen LogP contribution in [0.15, 0.2) is 18.2 Å². The second-order valence-electron chi connectivity index (χ2n) is 5.74. The molecule has 110 valence electrons. The van der Waals surface area contributed by atoms with Crippen molar-refractivity contribution in [3.63, 3.8) is 0 Å². The van der Waals surface area contributed by atoms with Crippen molar-refractivity contribution < 1.29 is 14.6 Å². The summed E-state index contributed by atoms with van der Waals surface area (Å²) >= 11 is 0. The molecule has 2 N–H and O–H groups in total. The lowest BCUT2D eigenvalue weighted by Gasteiger charge is -2.37. The van der Waals surface area contributed by atoms with Gasteiger partial charge in [-0.25, -0.2) is 0 Å². The average molecular weight is 277 g/mol. The Hall–Kier alpha value is -1.55. The van der Waals surface area contributed by atoms with Crippen LogP contribution in [0.2, 0.25) is 0 Å². The summed E-state index contributed by atoms with van der Waals surface area (Å²) in [5, 5.41) is 12.4. The summed E-state index contributed by atoms with van der Waals surface area (Å²) < 4.78 is 6.05. The maximum Gasteiger partial charge on any atom is 0.324 e. The summed E-state index contributed by atoms with van der Waals surface area (Å²) in [6.07, 6.45) is 2.89. The molecule has 1 aromatic rings. The Kier molecular flexibility index (Phi) is 4.33. The third-order valence-corrected chi connectivity index (χ3v) is 4.22. The molecule has 4 nitrogen and oxygen atoms in total. The van der Waals surface area contributed by atoms with Crippen LogP contribution in [0.4, 0.5) is 0 Å². The quantitative estimate of drug-likeness (QED) is 0.888. The van der Waals surface area contributed by atoms with Gasteiger partial charge in [-0.1, -0.05) is 17.7 Å². The molecule has 20 heavy (non-hydrogen) atoms. The van der Waals surface area contributed by atoms with Crippen LogP contribution in [0.3, 0.4) is 0 Å². The van der Waals surface area contributed by atoms with E-state index in [4.69, 9.17) is 4.74 Å². The van der Waals surface area contributed by atoms with Gasteiger partial charge >= 0.3 is 5.97 Å². The van der Waals surface area contributed by atoms with Crippen molar-refractivity contribution >= 4 is 5.97 Å². The van der Waals surface area contributed by atoms with E-state index in [1.807, 2.05) is 26.0 Å². The SMILES string of the molecule is CNC1(C(=O)O)CCCC(Oc2ccc(C)cc2C)C1. The number of aliphatic carboxylic acids is 1. The van der Waals surface area contributed by atoms with E-state index in [-0.39, 0.29) is 6.10 Å². The molecular weight excluding hydrogens is 254 g/mol. The third kappa shape index (κ3) is 2.96. The number of carbonyl (C=O) groups is 1. The fourth-order valence-corrected chi connectivity index (χ4v) is 2.96. The number of rotatable bonds is 4. The first-order valence-corrected chi connectivity index (χ1v) is 7.13. The van der Waals surface area contributed by atoms with Crippen molar-refractivity contribution in [2.75, 3.05) is 7.05 Å². The van der Waals surface area contributed by atoms with Gasteiger partial charge in [-0.3, -0.25) is 4.79 Å². The van der Waals surface area contributed by atoms with Crippen molar-refractivity contribution in [1.82, 2.24) is 5.32 Å². The first-order chi connectivity index (χ1) is 9.47. The zero-order chi connectivity index (χ0) is 14.8. The van der Waals surface area contributed by atoms with E-state index in [2.05, 4.69) is 11.4 Å². The highest BCUT2D eigenvalue weighted by atomic mass is 16.5. The zero-order valence-electron chi connectivity index (χ0n) is 12.4. The molecule has 2 rings (SSSR count). The van der Waals surface area contributed by atoms with Gasteiger partial charge in [-0.15, -0.1) is 0 Å². The molecule has 1 fully saturated rings. The number of hydrogen-bond donors (Lipinski definition) is 2. The van der Waals surface area contributed by atoms with E-state index in [0.29, 0.717) is 12.8 Å². The largest absolute Gasteiger partial charge is 0.490 e. The minimum Gasteiger partial charge on any atom is -0.490 e. The number of nitrogens with one attached hydrogen (secondary N) is 1. The molecule has 2 unspecified atom stereocenters. The zero-order valence-corrected chi connectivity index (χ0v) is 12.4. The summed E-state index contributed by atoms with van der Waals surface area (Å²) in [6.45, 7) is 4.07. The minimum atomic E-state index is -0.846. The number of benzene rings is 1. The molecule has 0 aromatic heterocycles. The standard InChI is InChI=1S/C16H23NO3/c1-11-6-7-14(12(2)9-11)20-13-5-4-8-16(10-13,17-3)15(18)19/h6-7,9,13,17H,4-5,8,10H2,1-3H3,(H,18,19). The van der Waals surface area contributed by atoms with Crippen molar-refractivity contribution in [2.24, 2.45) is 0 Å². The smallest absolute Gasteiger partial charge is 0.324 e. The Morgan fingerprint density at radius 3 is 2.80 bits per heavy atom. The number of carboxylic acids is 1. The lowest BCUT2D eigenvalue weighted by Crippen LogP contribution is -2.55. The van der Waals surface area contributed by atoms with Crippen LogP contribution in [0, 0.1) is 13.8 Å². The molecule has 0 aliphatic heterocycles. The number of carboxylic acid groups (broad SMARTS) is 1. The molecular formula is C16H23NO3. The summed E-state index contributed by atoms with van der Waals surface area (Å²) in [5.74, 6) is 0.0758. The normalized spacial score (nSPS) is 26.2. The van der Waals surface area contributed by atoms with E-state index in [1.165, 1.54) is 5.56 Å². The minimum absolute atomic E-state index is 0.0475. The summed E-state index contributed by atoms with van der Waals surface area (Å²) in [4.78, 5) is 11.5. The average Bonchev–Trinajstić information content (AvgIpc) is 2.42. The van der Waals surface area contributed by atoms with Crippen molar-refractivity contribution in [3.8, 4) is 5.75 Å². The Bertz CT molecular complexity index is 500. The second kappa shape index (κ2) is 5.83. The van der Waals surface area contributed by atoms with Crippen molar-refractivity contribution in [2.45, 2.75) is 51.2 Å². The highest BCUT2D eigenvalue weighted by Crippen LogP contribution is 2.32. The lowest BCUT2D eigenvalue weighted by molar-refractivity contribution is -0.147. The third-order valence-electron chi connectivity index (χ3n) is 4.22. The monoisotopic (exact) mass is 277 g/mol. The Morgan fingerprint density at radius 1 is 1.45 bits per heavy atom. The molecule has 0 saturated heterocycles. The van der Waals surface area contributed by atoms with E-state index in [0.717, 1.165) is 24.2 Å². The first kappa shape index (κ1) is 14.9. The fraction of sp³-hybridized carbons (Fsp3) is 0.562. The first-order valence-electron chi connectivity index (χ1n) is 7.13. The maximum atomic E-state index is 11.5. The van der Waals surface area contributed by atoms with Gasteiger partial charge < -0.3 is 15.2 Å². The summed E-state index contributed by atoms with van der Waals surface area (Å²) in [7, 11) is 1.72. The van der Waals surface area contributed by atoms with Gasteiger partial charge in [-0.05, 0) is 51.8 Å². The van der Waals surface area contributed by atoms with Crippen LogP contribution < -0.4 is 10.1 Å². The van der Waals surface area contributed by atoms with Gasteiger partial charge in [0.15, 0.2) is 0 Å². The Morgan fingerprint density at radius 2 is 2.20 bits per heavy atom. The fourth-order valence-electron chi connectivity index (χ4n) is 2.96. The second-order valence-corrected chi connectivity index (χ2v) is 5.74. The number of likely N-dealkylation sites (N-methyl/N-ethyl adjacent to an activating group) is 1. The molecule has 1 aliphatic carbocycles. The van der Waals surface area contributed by atoms with Crippen LogP contribution in [0.5, 0.6) is 5.75 Å². The van der Waals surface area contributed by atoms with Crippen molar-refractivity contribution in [3.05, 3.63) is 29.3 Å². The molecule has 0 bridgehead atoms. The van der Waals surface area contributed by atoms with Crippen LogP contribution in [-0.2, 0) is 4.79 Å². The highest BCUT2D eigenvalue weighted by Gasteiger charge is 2.42. The topological polar surface area (TPSA) is 58.6 Å². The van der Waals surface area contributed by atoms with Gasteiger partial charge in [0.1, 0.15) is 17.4 Å². The van der Waals surface area contributed by atoms with Gasteiger partial charge in [0.25, 0.3) is 0 Å². The lowest BCUT2D eigenvalue weighted by atomic mass is 9.80. The molecule has 1 saturated carbocycles. The van der Waals surface area contributed by atoms with E-state index in [1.54, 1.807) is 7.05 Å². The van der Waals surface area contributed by atoms with E-state index < -0.39 is 11.5 Å². The molecule has 0 spiro atoms. The summed E-state index contributed by atoms with van der Waals surface area (Å²) in [5.41, 5.74) is 1.45. The predicted molar refractivity (Wildman–Crippen MR) is 78.2 cm³/mol. The Balaban J connectivity index is 2.11. The Labute approximate surface area is 120 Å². The van der Waals surface area contributed by atoms with Gasteiger partial charge in [0.05, 0.1) is 0 Å². The number of ether oxygens (including phenoxy) is 1. The van der Waals surface area contributed by atoms with E-state index >= 15 is 0 Å². The van der Waals surface area contributed by atoms with Crippen LogP contribution in [0.1, 0.15) is 36.8 Å². The van der Waals surface area contributed by atoms with Gasteiger partial charge in [-0.2, -0.15) is 0 Å². The molecule has 4 heteroatoms. The van der Waals surface area contributed by atoms with Crippen LogP contribution >= 0.6 is 0 Å². The highest BCUT2D eigenvalue weighted by molar-refractivity contribution is 5.79.